The molecule has 0 amide bonds. The summed E-state index contributed by atoms with van der Waals surface area (Å²) in [4.78, 5) is 14.6. The lowest BCUT2D eigenvalue weighted by Gasteiger charge is -2.22. The van der Waals surface area contributed by atoms with Crippen molar-refractivity contribution < 1.29 is 27.8 Å². The third kappa shape index (κ3) is 2.77. The molecule has 0 spiro atoms. The fourth-order valence-electron chi connectivity index (χ4n) is 2.28. The minimum absolute atomic E-state index is 0.274. The van der Waals surface area contributed by atoms with E-state index in [4.69, 9.17) is 9.84 Å². The number of rotatable bonds is 3. The van der Waals surface area contributed by atoms with Crippen LogP contribution in [0, 0.1) is 0 Å². The van der Waals surface area contributed by atoms with Crippen LogP contribution >= 0.6 is 0 Å². The van der Waals surface area contributed by atoms with Gasteiger partial charge in [-0.2, -0.15) is 18.2 Å². The first kappa shape index (κ1) is 15.8. The molecule has 10 heteroatoms. The summed E-state index contributed by atoms with van der Waals surface area (Å²) in [6.45, 7) is 0. The normalized spacial score (nSPS) is 16.8. The Balaban J connectivity index is 2.09. The summed E-state index contributed by atoms with van der Waals surface area (Å²) < 4.78 is 44.6. The maximum absolute atomic E-state index is 12.8. The Morgan fingerprint density at radius 2 is 2.00 bits per heavy atom. The molecule has 1 aromatic carbocycles. The summed E-state index contributed by atoms with van der Waals surface area (Å²) in [6.07, 6.45) is -3.47. The number of hydrogen-bond acceptors (Lipinski definition) is 5. The molecule has 24 heavy (non-hydrogen) atoms. The highest BCUT2D eigenvalue weighted by atomic mass is 19.4. The van der Waals surface area contributed by atoms with E-state index < -0.39 is 24.0 Å². The number of anilines is 1. The van der Waals surface area contributed by atoms with E-state index in [2.05, 4.69) is 15.4 Å². The maximum Gasteiger partial charge on any atom is 0.453 e. The summed E-state index contributed by atoms with van der Waals surface area (Å²) in [6, 6.07) is 5.62. The van der Waals surface area contributed by atoms with Crippen LogP contribution in [0.2, 0.25) is 0 Å². The molecule has 0 fully saturated rings. The van der Waals surface area contributed by atoms with E-state index in [1.165, 1.54) is 13.2 Å². The van der Waals surface area contributed by atoms with Gasteiger partial charge in [0.05, 0.1) is 7.11 Å². The molecule has 0 unspecified atom stereocenters. The van der Waals surface area contributed by atoms with Gasteiger partial charge >= 0.3 is 12.1 Å². The molecule has 1 atom stereocenters. The maximum atomic E-state index is 12.8. The number of allylic oxidation sites excluding steroid dienone is 1. The van der Waals surface area contributed by atoms with Gasteiger partial charge in [-0.3, -0.25) is 0 Å². The number of hydrogen-bond donors (Lipinski definition) is 2. The van der Waals surface area contributed by atoms with Crippen molar-refractivity contribution in [1.82, 2.24) is 14.8 Å². The Kier molecular flexibility index (Phi) is 3.66. The largest absolute Gasteiger partial charge is 0.497 e. The zero-order valence-electron chi connectivity index (χ0n) is 12.2. The van der Waals surface area contributed by atoms with Crippen molar-refractivity contribution in [3.63, 3.8) is 0 Å². The van der Waals surface area contributed by atoms with Crippen LogP contribution in [0.25, 0.3) is 0 Å². The minimum Gasteiger partial charge on any atom is -0.497 e. The number of fused-ring (bicyclic) bond motifs is 1. The number of alkyl halides is 3. The van der Waals surface area contributed by atoms with E-state index in [0.717, 1.165) is 4.68 Å². The summed E-state index contributed by atoms with van der Waals surface area (Å²) in [5.74, 6) is -2.38. The Hall–Kier alpha value is -3.04. The molecule has 0 bridgehead atoms. The summed E-state index contributed by atoms with van der Waals surface area (Å²) >= 11 is 0. The van der Waals surface area contributed by atoms with E-state index >= 15 is 0 Å². The van der Waals surface area contributed by atoms with Crippen LogP contribution in [-0.2, 0) is 11.0 Å². The van der Waals surface area contributed by atoms with E-state index in [-0.39, 0.29) is 11.6 Å². The van der Waals surface area contributed by atoms with Gasteiger partial charge in [-0.25, -0.2) is 9.48 Å². The number of nitrogens with zero attached hydrogens (tertiary/aromatic N) is 3. The molecule has 1 aliphatic rings. The predicted molar refractivity (Wildman–Crippen MR) is 75.5 cm³/mol. The number of carbonyl (C=O) groups is 1. The van der Waals surface area contributed by atoms with Crippen molar-refractivity contribution in [3.8, 4) is 5.75 Å². The zero-order chi connectivity index (χ0) is 17.5. The van der Waals surface area contributed by atoms with Gasteiger partial charge in [0, 0.05) is 0 Å². The highest BCUT2D eigenvalue weighted by Gasteiger charge is 2.39. The number of methoxy groups -OCH3 is 1. The first-order chi connectivity index (χ1) is 11.3. The van der Waals surface area contributed by atoms with Gasteiger partial charge in [0.1, 0.15) is 17.5 Å². The number of nitrogens with one attached hydrogen (secondary N) is 1. The molecule has 2 N–H and O–H groups in total. The van der Waals surface area contributed by atoms with Gasteiger partial charge in [0.25, 0.3) is 5.82 Å². The topological polar surface area (TPSA) is 89.3 Å². The van der Waals surface area contributed by atoms with Crippen LogP contribution in [-0.4, -0.2) is 33.0 Å². The lowest BCUT2D eigenvalue weighted by Crippen LogP contribution is -2.24. The van der Waals surface area contributed by atoms with Gasteiger partial charge in [-0.1, -0.05) is 12.1 Å². The summed E-state index contributed by atoms with van der Waals surface area (Å²) in [5.41, 5.74) is 0.264. The predicted octanol–water partition coefficient (Wildman–Crippen LogP) is 2.29. The Bertz CT molecular complexity index is 812. The second-order valence-corrected chi connectivity index (χ2v) is 4.93. The molecule has 1 aliphatic heterocycles. The molecule has 3 rings (SSSR count). The van der Waals surface area contributed by atoms with Gasteiger partial charge in [-0.05, 0) is 23.8 Å². The quantitative estimate of drug-likeness (QED) is 0.891. The second-order valence-electron chi connectivity index (χ2n) is 4.93. The number of benzene rings is 1. The molecule has 0 saturated heterocycles. The number of aliphatic carboxylic acids is 1. The molecule has 1 aromatic heterocycles. The Morgan fingerprint density at radius 3 is 2.54 bits per heavy atom. The van der Waals surface area contributed by atoms with Crippen LogP contribution in [0.4, 0.5) is 19.1 Å². The number of carboxylic acid groups (broad SMARTS) is 1. The average molecular weight is 340 g/mol. The van der Waals surface area contributed by atoms with Crippen molar-refractivity contribution in [2.45, 2.75) is 12.2 Å². The van der Waals surface area contributed by atoms with Gasteiger partial charge in [-0.15, -0.1) is 5.10 Å². The number of carboxylic acids is 1. The van der Waals surface area contributed by atoms with Crippen molar-refractivity contribution in [2.75, 3.05) is 12.4 Å². The van der Waals surface area contributed by atoms with Crippen LogP contribution in [0.3, 0.4) is 0 Å². The van der Waals surface area contributed by atoms with Crippen LogP contribution in [0.1, 0.15) is 17.4 Å². The van der Waals surface area contributed by atoms with Gasteiger partial charge in [0.15, 0.2) is 0 Å². The SMILES string of the molecule is COc1ccc([C@@H]2C=C(C(=O)O)Nc3nc(C(F)(F)F)nn32)cc1. The molecule has 126 valence electrons. The van der Waals surface area contributed by atoms with Crippen molar-refractivity contribution in [2.24, 2.45) is 0 Å². The molecular weight excluding hydrogens is 329 g/mol. The highest BCUT2D eigenvalue weighted by molar-refractivity contribution is 5.90. The molecule has 2 aromatic rings. The number of aromatic nitrogens is 3. The van der Waals surface area contributed by atoms with Crippen molar-refractivity contribution >= 4 is 11.9 Å². The van der Waals surface area contributed by atoms with E-state index in [1.807, 2.05) is 0 Å². The molecular formula is C14H11F3N4O3. The summed E-state index contributed by atoms with van der Waals surface area (Å²) in [5, 5.41) is 14.9. The zero-order valence-corrected chi connectivity index (χ0v) is 12.2. The molecule has 7 nitrogen and oxygen atoms in total. The molecule has 0 aliphatic carbocycles. The minimum atomic E-state index is -4.74. The number of halogens is 3. The van der Waals surface area contributed by atoms with Gasteiger partial charge in [0.2, 0.25) is 5.95 Å². The fourth-order valence-corrected chi connectivity index (χ4v) is 2.28. The fraction of sp³-hybridized carbons (Fsp3) is 0.214. The standard InChI is InChI=1S/C14H11F3N4O3/c1-24-8-4-2-7(3-5-8)10-6-9(11(22)23)18-13-19-12(14(15,16)17)20-21(10)13/h2-6,10H,1H3,(H,22,23)(H,18,19,20)/t10-/m0/s1. The van der Waals surface area contributed by atoms with Crippen molar-refractivity contribution in [3.05, 3.63) is 47.4 Å². The van der Waals surface area contributed by atoms with E-state index in [9.17, 15) is 18.0 Å². The lowest BCUT2D eigenvalue weighted by molar-refractivity contribution is -0.145. The van der Waals surface area contributed by atoms with Crippen molar-refractivity contribution in [1.29, 1.82) is 0 Å². The average Bonchev–Trinajstić information content (AvgIpc) is 2.98. The summed E-state index contributed by atoms with van der Waals surface area (Å²) in [7, 11) is 1.48. The Morgan fingerprint density at radius 1 is 1.33 bits per heavy atom. The van der Waals surface area contributed by atoms with Gasteiger partial charge < -0.3 is 15.2 Å². The van der Waals surface area contributed by atoms with Crippen LogP contribution in [0.15, 0.2) is 36.0 Å². The first-order valence-corrected chi connectivity index (χ1v) is 6.69. The molecule has 0 radical (unpaired) electrons. The van der Waals surface area contributed by atoms with E-state index in [0.29, 0.717) is 11.3 Å². The lowest BCUT2D eigenvalue weighted by atomic mass is 10.0. The third-order valence-electron chi connectivity index (χ3n) is 3.41. The van der Waals surface area contributed by atoms with E-state index in [1.54, 1.807) is 24.3 Å². The van der Waals surface area contributed by atoms with Crippen LogP contribution < -0.4 is 10.1 Å². The third-order valence-corrected chi connectivity index (χ3v) is 3.41. The smallest absolute Gasteiger partial charge is 0.453 e. The second kappa shape index (κ2) is 5.55. The monoisotopic (exact) mass is 340 g/mol. The molecule has 2 heterocycles. The Labute approximate surface area is 133 Å². The first-order valence-electron chi connectivity index (χ1n) is 6.69. The van der Waals surface area contributed by atoms with Crippen LogP contribution in [0.5, 0.6) is 5.75 Å². The molecule has 0 saturated carbocycles. The highest BCUT2D eigenvalue weighted by Crippen LogP contribution is 2.33. The number of ether oxygens (including phenoxy) is 1.